The molecule has 2 aliphatic carbocycles. The van der Waals surface area contributed by atoms with E-state index in [9.17, 15) is 26.7 Å². The Labute approximate surface area is 182 Å². The highest BCUT2D eigenvalue weighted by Gasteiger charge is 2.33. The molecule has 0 bridgehead atoms. The average Bonchev–Trinajstić information content (AvgIpc) is 2.74. The van der Waals surface area contributed by atoms with Gasteiger partial charge in [-0.1, -0.05) is 25.3 Å². The third-order valence-corrected chi connectivity index (χ3v) is 8.34. The van der Waals surface area contributed by atoms with Crippen molar-refractivity contribution in [3.63, 3.8) is 0 Å². The number of nitrogens with one attached hydrogen (secondary N) is 2. The van der Waals surface area contributed by atoms with Crippen LogP contribution in [0.1, 0.15) is 63.4 Å². The van der Waals surface area contributed by atoms with Crippen molar-refractivity contribution in [3.8, 4) is 0 Å². The maximum atomic E-state index is 12.9. The standard InChI is InChI=1S/C22H33F3N2O3S/c23-22(24,25)17-5-4-8-20(13-17)31(29,30)15-16-9-11-19(12-10-16)27-21(28)14-26-18-6-2-1-3-7-18/h4-5,8,13,16,18-19,21,26-28H,1-3,6-7,9-12,14-15H2. The summed E-state index contributed by atoms with van der Waals surface area (Å²) in [5.74, 6) is -0.234. The van der Waals surface area contributed by atoms with Crippen LogP contribution >= 0.6 is 0 Å². The van der Waals surface area contributed by atoms with Crippen LogP contribution in [0, 0.1) is 5.92 Å². The van der Waals surface area contributed by atoms with E-state index in [4.69, 9.17) is 0 Å². The smallest absolute Gasteiger partial charge is 0.377 e. The van der Waals surface area contributed by atoms with Gasteiger partial charge in [0, 0.05) is 18.6 Å². The first kappa shape index (κ1) is 24.5. The van der Waals surface area contributed by atoms with Gasteiger partial charge < -0.3 is 10.4 Å². The third-order valence-electron chi connectivity index (χ3n) is 6.46. The molecule has 1 aromatic carbocycles. The molecule has 2 fully saturated rings. The molecule has 9 heteroatoms. The summed E-state index contributed by atoms with van der Waals surface area (Å²) in [5, 5.41) is 16.9. The first-order valence-corrected chi connectivity index (χ1v) is 12.9. The van der Waals surface area contributed by atoms with Crippen LogP contribution in [0.5, 0.6) is 0 Å². The Hall–Kier alpha value is -1.16. The van der Waals surface area contributed by atoms with Gasteiger partial charge in [0.25, 0.3) is 0 Å². The van der Waals surface area contributed by atoms with Gasteiger partial charge in [0.2, 0.25) is 0 Å². The van der Waals surface area contributed by atoms with Gasteiger partial charge in [-0.2, -0.15) is 13.2 Å². The van der Waals surface area contributed by atoms with Gasteiger partial charge in [0.15, 0.2) is 9.84 Å². The van der Waals surface area contributed by atoms with Crippen LogP contribution in [-0.2, 0) is 16.0 Å². The Morgan fingerprint density at radius 1 is 1.00 bits per heavy atom. The quantitative estimate of drug-likeness (QED) is 0.511. The minimum atomic E-state index is -4.57. The summed E-state index contributed by atoms with van der Waals surface area (Å²) in [4.78, 5) is -0.271. The van der Waals surface area contributed by atoms with Gasteiger partial charge >= 0.3 is 6.18 Å². The zero-order valence-electron chi connectivity index (χ0n) is 17.7. The van der Waals surface area contributed by atoms with Gasteiger partial charge in [0.1, 0.15) is 6.23 Å². The molecule has 0 spiro atoms. The van der Waals surface area contributed by atoms with E-state index in [-0.39, 0.29) is 22.6 Å². The fourth-order valence-corrected chi connectivity index (χ4v) is 6.42. The second-order valence-electron chi connectivity index (χ2n) is 8.95. The molecule has 0 saturated heterocycles. The van der Waals surface area contributed by atoms with E-state index in [1.54, 1.807) is 0 Å². The lowest BCUT2D eigenvalue weighted by Gasteiger charge is -2.31. The van der Waals surface area contributed by atoms with Crippen LogP contribution in [-0.4, -0.2) is 44.1 Å². The Morgan fingerprint density at radius 3 is 2.32 bits per heavy atom. The molecule has 1 unspecified atom stereocenters. The zero-order valence-corrected chi connectivity index (χ0v) is 18.5. The SMILES string of the molecule is O=S(=O)(CC1CCC(NC(O)CNC2CCCCC2)CC1)c1cccc(C(F)(F)F)c1. The molecule has 0 amide bonds. The number of rotatable bonds is 8. The minimum Gasteiger partial charge on any atom is -0.377 e. The summed E-state index contributed by atoms with van der Waals surface area (Å²) in [7, 11) is -3.78. The summed E-state index contributed by atoms with van der Waals surface area (Å²) in [5.41, 5.74) is -0.947. The molecule has 2 saturated carbocycles. The normalized spacial score (nSPS) is 24.8. The second kappa shape index (κ2) is 10.6. The number of benzene rings is 1. The lowest BCUT2D eigenvalue weighted by molar-refractivity contribution is -0.137. The first-order chi connectivity index (χ1) is 14.6. The highest BCUT2D eigenvalue weighted by atomic mass is 32.2. The molecule has 0 aromatic heterocycles. The van der Waals surface area contributed by atoms with E-state index >= 15 is 0 Å². The lowest BCUT2D eigenvalue weighted by Crippen LogP contribution is -2.47. The Morgan fingerprint density at radius 2 is 1.68 bits per heavy atom. The molecule has 176 valence electrons. The highest BCUT2D eigenvalue weighted by molar-refractivity contribution is 7.91. The number of aliphatic hydroxyl groups excluding tert-OH is 1. The number of hydrogen-bond acceptors (Lipinski definition) is 5. The largest absolute Gasteiger partial charge is 0.416 e. The van der Waals surface area contributed by atoms with Crippen molar-refractivity contribution in [2.45, 2.75) is 87.2 Å². The van der Waals surface area contributed by atoms with Crippen molar-refractivity contribution in [2.75, 3.05) is 12.3 Å². The molecule has 0 heterocycles. The summed E-state index contributed by atoms with van der Waals surface area (Å²) < 4.78 is 64.0. The van der Waals surface area contributed by atoms with E-state index in [1.165, 1.54) is 25.3 Å². The van der Waals surface area contributed by atoms with E-state index in [1.807, 2.05) is 0 Å². The second-order valence-corrected chi connectivity index (χ2v) is 11.0. The topological polar surface area (TPSA) is 78.4 Å². The van der Waals surface area contributed by atoms with Crippen molar-refractivity contribution < 1.29 is 26.7 Å². The molecule has 31 heavy (non-hydrogen) atoms. The van der Waals surface area contributed by atoms with Crippen LogP contribution < -0.4 is 10.6 Å². The fourth-order valence-electron chi connectivity index (χ4n) is 4.68. The number of alkyl halides is 3. The van der Waals surface area contributed by atoms with Crippen LogP contribution in [0.15, 0.2) is 29.2 Å². The molecule has 1 atom stereocenters. The predicted octanol–water partition coefficient (Wildman–Crippen LogP) is 3.87. The maximum Gasteiger partial charge on any atom is 0.416 e. The highest BCUT2D eigenvalue weighted by Crippen LogP contribution is 2.32. The first-order valence-electron chi connectivity index (χ1n) is 11.2. The molecule has 1 aromatic rings. The van der Waals surface area contributed by atoms with Gasteiger partial charge in [0.05, 0.1) is 16.2 Å². The van der Waals surface area contributed by atoms with Gasteiger partial charge in [-0.3, -0.25) is 5.32 Å². The van der Waals surface area contributed by atoms with Gasteiger partial charge in [-0.05, 0) is 62.6 Å². The zero-order chi connectivity index (χ0) is 22.5. The molecule has 0 aliphatic heterocycles. The number of sulfone groups is 1. The molecular formula is C22H33F3N2O3S. The number of aliphatic hydroxyl groups is 1. The van der Waals surface area contributed by atoms with Crippen molar-refractivity contribution in [3.05, 3.63) is 29.8 Å². The minimum absolute atomic E-state index is 0.0879. The van der Waals surface area contributed by atoms with Crippen LogP contribution in [0.2, 0.25) is 0 Å². The fraction of sp³-hybridized carbons (Fsp3) is 0.727. The number of hydrogen-bond donors (Lipinski definition) is 3. The molecule has 2 aliphatic rings. The van der Waals surface area contributed by atoms with Gasteiger partial charge in [-0.25, -0.2) is 8.42 Å². The monoisotopic (exact) mass is 462 g/mol. The summed E-state index contributed by atoms with van der Waals surface area (Å²) in [6, 6.07) is 4.56. The van der Waals surface area contributed by atoms with Crippen molar-refractivity contribution in [2.24, 2.45) is 5.92 Å². The van der Waals surface area contributed by atoms with E-state index in [0.29, 0.717) is 25.4 Å². The lowest BCUT2D eigenvalue weighted by atomic mass is 9.87. The summed E-state index contributed by atoms with van der Waals surface area (Å²) in [6.07, 6.45) is 3.65. The molecule has 0 radical (unpaired) electrons. The van der Waals surface area contributed by atoms with E-state index in [2.05, 4.69) is 10.6 Å². The van der Waals surface area contributed by atoms with Crippen molar-refractivity contribution in [1.29, 1.82) is 0 Å². The molecule has 3 rings (SSSR count). The van der Waals surface area contributed by atoms with Gasteiger partial charge in [-0.15, -0.1) is 0 Å². The van der Waals surface area contributed by atoms with Crippen LogP contribution in [0.4, 0.5) is 13.2 Å². The van der Waals surface area contributed by atoms with E-state index in [0.717, 1.165) is 43.9 Å². The van der Waals surface area contributed by atoms with Crippen molar-refractivity contribution >= 4 is 9.84 Å². The third kappa shape index (κ3) is 7.44. The molecular weight excluding hydrogens is 429 g/mol. The Kier molecular flexibility index (Phi) is 8.40. The summed E-state index contributed by atoms with van der Waals surface area (Å²) in [6.45, 7) is 0.495. The maximum absolute atomic E-state index is 12.9. The Balaban J connectivity index is 1.44. The number of halogens is 3. The van der Waals surface area contributed by atoms with E-state index < -0.39 is 27.8 Å². The molecule has 3 N–H and O–H groups in total. The van der Waals surface area contributed by atoms with Crippen LogP contribution in [0.3, 0.4) is 0 Å². The predicted molar refractivity (Wildman–Crippen MR) is 113 cm³/mol. The molecule has 5 nitrogen and oxygen atoms in total. The summed E-state index contributed by atoms with van der Waals surface area (Å²) >= 11 is 0. The Bertz CT molecular complexity index is 802. The average molecular weight is 463 g/mol. The van der Waals surface area contributed by atoms with Crippen LogP contribution in [0.25, 0.3) is 0 Å². The van der Waals surface area contributed by atoms with Crippen molar-refractivity contribution in [1.82, 2.24) is 10.6 Å².